The molecule has 0 radical (unpaired) electrons. The van der Waals surface area contributed by atoms with Crippen molar-refractivity contribution >= 4 is 16.6 Å². The summed E-state index contributed by atoms with van der Waals surface area (Å²) >= 11 is 0. The average molecular weight is 494 g/mol. The van der Waals surface area contributed by atoms with Crippen molar-refractivity contribution in [3.63, 3.8) is 0 Å². The van der Waals surface area contributed by atoms with Gasteiger partial charge in [-0.15, -0.1) is 0 Å². The number of nitrogens with one attached hydrogen (secondary N) is 2. The summed E-state index contributed by atoms with van der Waals surface area (Å²) in [5, 5.41) is 8.91. The fourth-order valence-corrected chi connectivity index (χ4v) is 5.76. The van der Waals surface area contributed by atoms with Crippen molar-refractivity contribution in [2.45, 2.75) is 45.6 Å². The maximum atomic E-state index is 4.73. The van der Waals surface area contributed by atoms with Crippen LogP contribution in [0.2, 0.25) is 0 Å². The molecular formula is C30H35N7. The van der Waals surface area contributed by atoms with Crippen molar-refractivity contribution in [2.75, 3.05) is 26.2 Å². The van der Waals surface area contributed by atoms with Gasteiger partial charge in [0.25, 0.3) is 0 Å². The Morgan fingerprint density at radius 2 is 1.81 bits per heavy atom. The second kappa shape index (κ2) is 10.3. The normalized spacial score (nSPS) is 17.1. The number of fused-ring (bicyclic) bond motifs is 1. The minimum atomic E-state index is 0.908. The predicted octanol–water partition coefficient (Wildman–Crippen LogP) is 5.93. The highest BCUT2D eigenvalue weighted by atomic mass is 15.1. The molecule has 0 saturated carbocycles. The van der Waals surface area contributed by atoms with Gasteiger partial charge in [0.15, 0.2) is 0 Å². The third-order valence-corrected chi connectivity index (χ3v) is 7.66. The molecule has 6 rings (SSSR count). The molecule has 4 aromatic rings. The van der Waals surface area contributed by atoms with Gasteiger partial charge in [-0.05, 0) is 82.0 Å². The second-order valence-electron chi connectivity index (χ2n) is 10.3. The lowest BCUT2D eigenvalue weighted by Gasteiger charge is -2.31. The SMILES string of the molecule is C=C/C=C(\c1cc(-c2n[nH]c3cnc(-c4cncc(CN5CCCC5)c4)cc23)[nH]c1C)N1CCCCC1. The first kappa shape index (κ1) is 23.7. The lowest BCUT2D eigenvalue weighted by atomic mass is 10.1. The largest absolute Gasteiger partial charge is 0.371 e. The first-order chi connectivity index (χ1) is 18.2. The van der Waals surface area contributed by atoms with Gasteiger partial charge in [0.05, 0.1) is 23.1 Å². The molecule has 190 valence electrons. The van der Waals surface area contributed by atoms with Gasteiger partial charge in [-0.3, -0.25) is 20.0 Å². The van der Waals surface area contributed by atoms with E-state index in [9.17, 15) is 0 Å². The Kier molecular flexibility index (Phi) is 6.62. The minimum absolute atomic E-state index is 0.908. The molecule has 0 bridgehead atoms. The molecule has 0 atom stereocenters. The molecule has 0 amide bonds. The molecule has 0 aliphatic carbocycles. The summed E-state index contributed by atoms with van der Waals surface area (Å²) in [6.45, 7) is 11.6. The monoisotopic (exact) mass is 493 g/mol. The number of aryl methyl sites for hydroxylation is 1. The van der Waals surface area contributed by atoms with Crippen LogP contribution in [0.1, 0.15) is 48.9 Å². The Labute approximate surface area is 218 Å². The van der Waals surface area contributed by atoms with Gasteiger partial charge in [-0.25, -0.2) is 0 Å². The quantitative estimate of drug-likeness (QED) is 0.312. The summed E-state index contributed by atoms with van der Waals surface area (Å²) in [5.74, 6) is 0. The number of nitrogens with zero attached hydrogens (tertiary/aromatic N) is 5. The summed E-state index contributed by atoms with van der Waals surface area (Å²) in [6.07, 6.45) is 16.1. The lowest BCUT2D eigenvalue weighted by molar-refractivity contribution is 0.326. The van der Waals surface area contributed by atoms with E-state index in [1.165, 1.54) is 62.0 Å². The maximum absolute atomic E-state index is 4.73. The van der Waals surface area contributed by atoms with Gasteiger partial charge < -0.3 is 9.88 Å². The lowest BCUT2D eigenvalue weighted by Crippen LogP contribution is -2.28. The average Bonchev–Trinajstić information content (AvgIpc) is 3.68. The first-order valence-corrected chi connectivity index (χ1v) is 13.5. The summed E-state index contributed by atoms with van der Waals surface area (Å²) < 4.78 is 0. The molecule has 0 spiro atoms. The molecule has 7 nitrogen and oxygen atoms in total. The van der Waals surface area contributed by atoms with E-state index >= 15 is 0 Å². The molecule has 7 heteroatoms. The number of hydrogen-bond donors (Lipinski definition) is 2. The molecule has 2 fully saturated rings. The van der Waals surface area contributed by atoms with Gasteiger partial charge in [0.1, 0.15) is 5.69 Å². The van der Waals surface area contributed by atoms with Crippen LogP contribution in [0, 0.1) is 6.92 Å². The van der Waals surface area contributed by atoms with E-state index in [2.05, 4.69) is 67.7 Å². The van der Waals surface area contributed by atoms with Crippen molar-refractivity contribution in [1.29, 1.82) is 0 Å². The van der Waals surface area contributed by atoms with E-state index in [4.69, 9.17) is 4.98 Å². The third kappa shape index (κ3) is 4.83. The standard InChI is InChI=1S/C30H35N7/c1-3-9-29(37-12-5-4-6-13-37)24-15-27(33-21(24)2)30-25-16-26(32-19-28(25)34-35-30)23-14-22(17-31-18-23)20-36-10-7-8-11-36/h3,9,14-19,33H,1,4-8,10-13,20H2,2H3,(H,34,35)/b29-9+. The van der Waals surface area contributed by atoms with Gasteiger partial charge in [-0.1, -0.05) is 12.7 Å². The van der Waals surface area contributed by atoms with Crippen molar-refractivity contribution < 1.29 is 0 Å². The van der Waals surface area contributed by atoms with E-state index in [-0.39, 0.29) is 0 Å². The van der Waals surface area contributed by atoms with Gasteiger partial charge in [-0.2, -0.15) is 5.10 Å². The first-order valence-electron chi connectivity index (χ1n) is 13.5. The Hall–Kier alpha value is -3.71. The van der Waals surface area contributed by atoms with Crippen LogP contribution < -0.4 is 0 Å². The summed E-state index contributed by atoms with van der Waals surface area (Å²) in [4.78, 5) is 17.8. The number of likely N-dealkylation sites (tertiary alicyclic amines) is 2. The number of rotatable bonds is 7. The molecule has 2 saturated heterocycles. The Morgan fingerprint density at radius 3 is 2.62 bits per heavy atom. The number of hydrogen-bond acceptors (Lipinski definition) is 5. The summed E-state index contributed by atoms with van der Waals surface area (Å²) in [7, 11) is 0. The Balaban J connectivity index is 1.33. The van der Waals surface area contributed by atoms with E-state index in [0.29, 0.717) is 0 Å². The van der Waals surface area contributed by atoms with Gasteiger partial charge >= 0.3 is 0 Å². The summed E-state index contributed by atoms with van der Waals surface area (Å²) in [6, 6.07) is 6.58. The molecule has 2 aliphatic rings. The van der Waals surface area contributed by atoms with Crippen molar-refractivity contribution in [1.82, 2.24) is 34.9 Å². The molecule has 2 N–H and O–H groups in total. The molecule has 0 unspecified atom stereocenters. The van der Waals surface area contributed by atoms with Gasteiger partial charge in [0.2, 0.25) is 0 Å². The number of aromatic amines is 2. The van der Waals surface area contributed by atoms with Crippen LogP contribution in [-0.4, -0.2) is 61.1 Å². The number of pyridine rings is 2. The number of aromatic nitrogens is 5. The highest BCUT2D eigenvalue weighted by Gasteiger charge is 2.20. The zero-order valence-electron chi connectivity index (χ0n) is 21.6. The van der Waals surface area contributed by atoms with Crippen LogP contribution in [0.15, 0.2) is 55.5 Å². The Bertz CT molecular complexity index is 1430. The highest BCUT2D eigenvalue weighted by molar-refractivity contribution is 5.94. The van der Waals surface area contributed by atoms with Crippen molar-refractivity contribution in [2.24, 2.45) is 0 Å². The predicted molar refractivity (Wildman–Crippen MR) is 150 cm³/mol. The van der Waals surface area contributed by atoms with E-state index < -0.39 is 0 Å². The molecule has 4 aromatic heterocycles. The van der Waals surface area contributed by atoms with Crippen LogP contribution in [0.25, 0.3) is 39.2 Å². The topological polar surface area (TPSA) is 76.7 Å². The third-order valence-electron chi connectivity index (χ3n) is 7.66. The minimum Gasteiger partial charge on any atom is -0.371 e. The number of piperidine rings is 1. The van der Waals surface area contributed by atoms with Crippen LogP contribution in [-0.2, 0) is 6.54 Å². The fraction of sp³-hybridized carbons (Fsp3) is 0.367. The smallest absolute Gasteiger partial charge is 0.116 e. The molecule has 6 heterocycles. The van der Waals surface area contributed by atoms with Crippen LogP contribution in [0.3, 0.4) is 0 Å². The van der Waals surface area contributed by atoms with Crippen LogP contribution in [0.4, 0.5) is 0 Å². The molecule has 0 aromatic carbocycles. The van der Waals surface area contributed by atoms with E-state index in [0.717, 1.165) is 58.9 Å². The maximum Gasteiger partial charge on any atom is 0.116 e. The number of allylic oxidation sites excluding steroid dienone is 2. The van der Waals surface area contributed by atoms with Crippen molar-refractivity contribution in [3.8, 4) is 22.6 Å². The summed E-state index contributed by atoms with van der Waals surface area (Å²) in [5.41, 5.74) is 9.60. The molecule has 2 aliphatic heterocycles. The Morgan fingerprint density at radius 1 is 1.00 bits per heavy atom. The molecular weight excluding hydrogens is 458 g/mol. The second-order valence-corrected chi connectivity index (χ2v) is 10.3. The molecule has 37 heavy (non-hydrogen) atoms. The van der Waals surface area contributed by atoms with Gasteiger partial charge in [0, 0.05) is 59.9 Å². The van der Waals surface area contributed by atoms with Crippen LogP contribution >= 0.6 is 0 Å². The van der Waals surface area contributed by atoms with E-state index in [1.54, 1.807) is 0 Å². The highest BCUT2D eigenvalue weighted by Crippen LogP contribution is 2.33. The number of H-pyrrole nitrogens is 2. The fourth-order valence-electron chi connectivity index (χ4n) is 5.76. The van der Waals surface area contributed by atoms with E-state index in [1.807, 2.05) is 24.7 Å². The van der Waals surface area contributed by atoms with Crippen LogP contribution in [0.5, 0.6) is 0 Å². The zero-order chi connectivity index (χ0) is 25.2. The zero-order valence-corrected chi connectivity index (χ0v) is 21.6. The van der Waals surface area contributed by atoms with Crippen molar-refractivity contribution in [3.05, 3.63) is 72.3 Å².